The molecule has 0 atom stereocenters. The highest BCUT2D eigenvalue weighted by atomic mass is 127. The molecule has 1 aromatic carbocycles. The first kappa shape index (κ1) is 13.4. The van der Waals surface area contributed by atoms with Crippen molar-refractivity contribution in [2.24, 2.45) is 0 Å². The summed E-state index contributed by atoms with van der Waals surface area (Å²) < 4.78 is 2.84. The number of nitrogens with zero attached hydrogens (tertiary/aromatic N) is 4. The highest BCUT2D eigenvalue weighted by Gasteiger charge is 2.07. The summed E-state index contributed by atoms with van der Waals surface area (Å²) in [5.41, 5.74) is 5.27. The summed E-state index contributed by atoms with van der Waals surface area (Å²) in [5.74, 6) is 0. The first-order valence-corrected chi connectivity index (χ1v) is 7.43. The van der Waals surface area contributed by atoms with Crippen molar-refractivity contribution in [3.05, 3.63) is 45.8 Å². The standard InChI is InChI=1S/C15H15IN4/c1-10-8-14-17-13(9-20(14)18-15(10)16)11-4-6-12(7-5-11)19(2)3/h4-9H,1-3H3. The van der Waals surface area contributed by atoms with Crippen LogP contribution in [0.25, 0.3) is 16.9 Å². The molecule has 0 aliphatic carbocycles. The van der Waals surface area contributed by atoms with Gasteiger partial charge in [-0.1, -0.05) is 12.1 Å². The Morgan fingerprint density at radius 1 is 1.15 bits per heavy atom. The van der Waals surface area contributed by atoms with Crippen LogP contribution in [0.5, 0.6) is 0 Å². The van der Waals surface area contributed by atoms with Gasteiger partial charge < -0.3 is 4.90 Å². The van der Waals surface area contributed by atoms with Crippen molar-refractivity contribution in [3.63, 3.8) is 0 Å². The van der Waals surface area contributed by atoms with E-state index < -0.39 is 0 Å². The van der Waals surface area contributed by atoms with Crippen molar-refractivity contribution in [1.29, 1.82) is 0 Å². The molecule has 0 saturated carbocycles. The number of hydrogen-bond acceptors (Lipinski definition) is 3. The van der Waals surface area contributed by atoms with E-state index in [0.29, 0.717) is 0 Å². The number of rotatable bonds is 2. The number of aromatic nitrogens is 3. The van der Waals surface area contributed by atoms with E-state index in [4.69, 9.17) is 0 Å². The number of fused-ring (bicyclic) bond motifs is 1. The fourth-order valence-electron chi connectivity index (χ4n) is 2.06. The maximum atomic E-state index is 4.64. The fraction of sp³-hybridized carbons (Fsp3) is 0.200. The van der Waals surface area contributed by atoms with Crippen LogP contribution < -0.4 is 4.90 Å². The van der Waals surface area contributed by atoms with Crippen molar-refractivity contribution in [3.8, 4) is 11.3 Å². The molecule has 0 aliphatic heterocycles. The highest BCUT2D eigenvalue weighted by Crippen LogP contribution is 2.22. The van der Waals surface area contributed by atoms with Crippen molar-refractivity contribution in [2.75, 3.05) is 19.0 Å². The maximum absolute atomic E-state index is 4.64. The largest absolute Gasteiger partial charge is 0.378 e. The molecular weight excluding hydrogens is 363 g/mol. The molecule has 0 saturated heterocycles. The zero-order valence-corrected chi connectivity index (χ0v) is 13.8. The van der Waals surface area contributed by atoms with E-state index in [1.165, 1.54) is 5.69 Å². The second-order valence-electron chi connectivity index (χ2n) is 4.99. The molecule has 0 fully saturated rings. The average molecular weight is 378 g/mol. The van der Waals surface area contributed by atoms with Crippen LogP contribution in [-0.2, 0) is 0 Å². The van der Waals surface area contributed by atoms with E-state index in [2.05, 4.69) is 74.8 Å². The van der Waals surface area contributed by atoms with Gasteiger partial charge in [0, 0.05) is 25.3 Å². The van der Waals surface area contributed by atoms with Crippen molar-refractivity contribution >= 4 is 33.9 Å². The Kier molecular flexibility index (Phi) is 3.37. The van der Waals surface area contributed by atoms with Gasteiger partial charge in [0.05, 0.1) is 11.9 Å². The topological polar surface area (TPSA) is 33.4 Å². The Balaban J connectivity index is 2.05. The smallest absolute Gasteiger partial charge is 0.154 e. The number of hydrogen-bond donors (Lipinski definition) is 0. The molecule has 3 rings (SSSR count). The summed E-state index contributed by atoms with van der Waals surface area (Å²) in [6.07, 6.45) is 1.97. The molecule has 0 N–H and O–H groups in total. The minimum atomic E-state index is 0.884. The van der Waals surface area contributed by atoms with Gasteiger partial charge in [-0.25, -0.2) is 9.50 Å². The van der Waals surface area contributed by atoms with Crippen LogP contribution >= 0.6 is 22.6 Å². The van der Waals surface area contributed by atoms with Gasteiger partial charge in [0.2, 0.25) is 0 Å². The lowest BCUT2D eigenvalue weighted by molar-refractivity contribution is 0.903. The van der Waals surface area contributed by atoms with Gasteiger partial charge in [-0.15, -0.1) is 0 Å². The van der Waals surface area contributed by atoms with E-state index in [1.54, 1.807) is 0 Å². The van der Waals surface area contributed by atoms with E-state index in [1.807, 2.05) is 24.8 Å². The minimum Gasteiger partial charge on any atom is -0.378 e. The Morgan fingerprint density at radius 2 is 1.85 bits per heavy atom. The van der Waals surface area contributed by atoms with Crippen molar-refractivity contribution in [1.82, 2.24) is 14.6 Å². The normalized spacial score (nSPS) is 11.0. The number of imidazole rings is 1. The van der Waals surface area contributed by atoms with Crippen molar-refractivity contribution in [2.45, 2.75) is 6.92 Å². The predicted octanol–water partition coefficient (Wildman–Crippen LogP) is 3.38. The van der Waals surface area contributed by atoms with E-state index in [0.717, 1.165) is 26.2 Å². The second kappa shape index (κ2) is 5.05. The van der Waals surface area contributed by atoms with Gasteiger partial charge in [0.25, 0.3) is 0 Å². The third-order valence-electron chi connectivity index (χ3n) is 3.26. The average Bonchev–Trinajstić information content (AvgIpc) is 2.82. The van der Waals surface area contributed by atoms with Gasteiger partial charge in [0.1, 0.15) is 3.70 Å². The van der Waals surface area contributed by atoms with Gasteiger partial charge >= 0.3 is 0 Å². The predicted molar refractivity (Wildman–Crippen MR) is 90.2 cm³/mol. The first-order valence-electron chi connectivity index (χ1n) is 6.35. The monoisotopic (exact) mass is 378 g/mol. The molecule has 4 nitrogen and oxygen atoms in total. The SMILES string of the molecule is Cc1cc2nc(-c3ccc(N(C)C)cc3)cn2nc1I. The molecule has 5 heteroatoms. The molecule has 0 unspecified atom stereocenters. The fourth-order valence-corrected chi connectivity index (χ4v) is 2.45. The third kappa shape index (κ3) is 2.37. The molecule has 0 radical (unpaired) electrons. The Bertz CT molecular complexity index is 720. The van der Waals surface area contributed by atoms with Gasteiger partial charge in [-0.2, -0.15) is 5.10 Å². The van der Waals surface area contributed by atoms with E-state index in [9.17, 15) is 0 Å². The summed E-state index contributed by atoms with van der Waals surface area (Å²) in [7, 11) is 4.07. The van der Waals surface area contributed by atoms with Crippen LogP contribution in [0.1, 0.15) is 5.56 Å². The molecule has 0 amide bonds. The summed E-state index contributed by atoms with van der Waals surface area (Å²) in [5, 5.41) is 4.50. The van der Waals surface area contributed by atoms with Crippen LogP contribution in [0.15, 0.2) is 36.5 Å². The number of anilines is 1. The summed E-state index contributed by atoms with van der Waals surface area (Å²) in [6, 6.07) is 10.4. The summed E-state index contributed by atoms with van der Waals surface area (Å²) in [4.78, 5) is 6.73. The van der Waals surface area contributed by atoms with Crippen LogP contribution in [0.3, 0.4) is 0 Å². The zero-order chi connectivity index (χ0) is 14.3. The zero-order valence-electron chi connectivity index (χ0n) is 11.6. The van der Waals surface area contributed by atoms with E-state index >= 15 is 0 Å². The molecular formula is C15H15IN4. The minimum absolute atomic E-state index is 0.884. The van der Waals surface area contributed by atoms with Gasteiger partial charge in [-0.05, 0) is 53.3 Å². The number of halogens is 1. The van der Waals surface area contributed by atoms with Crippen LogP contribution in [0.2, 0.25) is 0 Å². The van der Waals surface area contributed by atoms with E-state index in [-0.39, 0.29) is 0 Å². The molecule has 2 heterocycles. The van der Waals surface area contributed by atoms with Crippen LogP contribution in [0.4, 0.5) is 5.69 Å². The van der Waals surface area contributed by atoms with Gasteiger partial charge in [-0.3, -0.25) is 0 Å². The van der Waals surface area contributed by atoms with Crippen LogP contribution in [0, 0.1) is 10.6 Å². The van der Waals surface area contributed by atoms with Crippen LogP contribution in [-0.4, -0.2) is 28.7 Å². The number of benzene rings is 1. The maximum Gasteiger partial charge on any atom is 0.154 e. The van der Waals surface area contributed by atoms with Crippen molar-refractivity contribution < 1.29 is 0 Å². The lowest BCUT2D eigenvalue weighted by Gasteiger charge is -2.11. The molecule has 0 bridgehead atoms. The Morgan fingerprint density at radius 3 is 2.50 bits per heavy atom. The summed E-state index contributed by atoms with van der Waals surface area (Å²) in [6.45, 7) is 2.05. The molecule has 2 aromatic heterocycles. The first-order chi connectivity index (χ1) is 9.54. The summed E-state index contributed by atoms with van der Waals surface area (Å²) >= 11 is 2.24. The molecule has 20 heavy (non-hydrogen) atoms. The number of aryl methyl sites for hydroxylation is 1. The lowest BCUT2D eigenvalue weighted by atomic mass is 10.1. The lowest BCUT2D eigenvalue weighted by Crippen LogP contribution is -2.07. The highest BCUT2D eigenvalue weighted by molar-refractivity contribution is 14.1. The molecule has 3 aromatic rings. The third-order valence-corrected chi connectivity index (χ3v) is 4.33. The molecule has 0 spiro atoms. The second-order valence-corrected chi connectivity index (χ2v) is 6.01. The van der Waals surface area contributed by atoms with Gasteiger partial charge in [0.15, 0.2) is 5.65 Å². The molecule has 102 valence electrons. The quantitative estimate of drug-likeness (QED) is 0.642. The molecule has 0 aliphatic rings. The Labute approximate surface area is 131 Å². The Hall–Kier alpha value is -1.63.